The molecular formula is C18H23N3O3. The predicted octanol–water partition coefficient (Wildman–Crippen LogP) is 2.73. The van der Waals surface area contributed by atoms with E-state index in [4.69, 9.17) is 4.42 Å². The summed E-state index contributed by atoms with van der Waals surface area (Å²) < 4.78 is 6.48. The van der Waals surface area contributed by atoms with Crippen molar-refractivity contribution < 1.29 is 9.21 Å². The fourth-order valence-corrected chi connectivity index (χ4v) is 3.13. The maximum absolute atomic E-state index is 12.3. The van der Waals surface area contributed by atoms with E-state index in [2.05, 4.69) is 10.4 Å². The molecule has 0 aromatic carbocycles. The molecule has 0 bridgehead atoms. The third-order valence-corrected chi connectivity index (χ3v) is 4.40. The Bertz CT molecular complexity index is 713. The Labute approximate surface area is 140 Å². The van der Waals surface area contributed by atoms with Crippen LogP contribution in [0.2, 0.25) is 0 Å². The molecule has 6 heteroatoms. The van der Waals surface area contributed by atoms with Crippen molar-refractivity contribution in [2.75, 3.05) is 0 Å². The molecule has 2 aromatic rings. The highest BCUT2D eigenvalue weighted by atomic mass is 16.3. The lowest BCUT2D eigenvalue weighted by Gasteiger charge is -2.21. The summed E-state index contributed by atoms with van der Waals surface area (Å²) >= 11 is 0. The number of nitrogens with one attached hydrogen (secondary N) is 1. The number of hydrogen-bond acceptors (Lipinski definition) is 4. The van der Waals surface area contributed by atoms with Gasteiger partial charge >= 0.3 is 0 Å². The summed E-state index contributed by atoms with van der Waals surface area (Å²) in [6.07, 6.45) is 9.64. The number of nitrogens with zero attached hydrogens (tertiary/aromatic N) is 2. The minimum absolute atomic E-state index is 0.0656. The molecule has 128 valence electrons. The highest BCUT2D eigenvalue weighted by Crippen LogP contribution is 2.17. The van der Waals surface area contributed by atoms with Crippen molar-refractivity contribution in [2.24, 2.45) is 0 Å². The molecule has 1 amide bonds. The summed E-state index contributed by atoms with van der Waals surface area (Å²) in [5, 5.41) is 7.29. The van der Waals surface area contributed by atoms with Gasteiger partial charge in [-0.2, -0.15) is 5.10 Å². The lowest BCUT2D eigenvalue weighted by molar-refractivity contribution is -0.122. The van der Waals surface area contributed by atoms with Crippen LogP contribution in [0.25, 0.3) is 11.5 Å². The van der Waals surface area contributed by atoms with Crippen molar-refractivity contribution in [1.82, 2.24) is 15.1 Å². The second-order valence-electron chi connectivity index (χ2n) is 6.30. The molecule has 6 nitrogen and oxygen atoms in total. The van der Waals surface area contributed by atoms with Crippen LogP contribution in [0.1, 0.15) is 44.9 Å². The van der Waals surface area contributed by atoms with Gasteiger partial charge in [0.15, 0.2) is 5.76 Å². The summed E-state index contributed by atoms with van der Waals surface area (Å²) in [5.74, 6) is 0.413. The molecule has 0 atom stereocenters. The molecular weight excluding hydrogens is 306 g/mol. The van der Waals surface area contributed by atoms with Gasteiger partial charge in [-0.3, -0.25) is 9.59 Å². The highest BCUT2D eigenvalue weighted by Gasteiger charge is 2.15. The van der Waals surface area contributed by atoms with Crippen molar-refractivity contribution in [3.8, 4) is 11.5 Å². The fraction of sp³-hybridized carbons (Fsp3) is 0.500. The molecule has 0 aliphatic heterocycles. The first-order chi connectivity index (χ1) is 11.7. The summed E-state index contributed by atoms with van der Waals surface area (Å²) in [5.41, 5.74) is 0.247. The zero-order valence-electron chi connectivity index (χ0n) is 13.7. The van der Waals surface area contributed by atoms with Gasteiger partial charge < -0.3 is 9.73 Å². The van der Waals surface area contributed by atoms with Gasteiger partial charge in [-0.15, -0.1) is 0 Å². The van der Waals surface area contributed by atoms with Gasteiger partial charge in [0.25, 0.3) is 5.56 Å². The van der Waals surface area contributed by atoms with Gasteiger partial charge in [-0.05, 0) is 31.0 Å². The summed E-state index contributed by atoms with van der Waals surface area (Å²) in [6.45, 7) is -0.0656. The average molecular weight is 329 g/mol. The van der Waals surface area contributed by atoms with Crippen LogP contribution in [0.4, 0.5) is 0 Å². The third kappa shape index (κ3) is 4.34. The van der Waals surface area contributed by atoms with Gasteiger partial charge in [0.2, 0.25) is 5.91 Å². The van der Waals surface area contributed by atoms with E-state index < -0.39 is 0 Å². The Hall–Kier alpha value is -2.37. The van der Waals surface area contributed by atoms with Crippen LogP contribution in [0, 0.1) is 0 Å². The number of furan rings is 1. The van der Waals surface area contributed by atoms with Crippen LogP contribution in [-0.4, -0.2) is 21.7 Å². The standard InChI is InChI=1S/C18H23N3O3/c22-17(19-14-7-4-2-1-3-5-8-14)13-21-18(23)11-10-15(20-21)16-9-6-12-24-16/h6,9-12,14H,1-5,7-8,13H2,(H,19,22). The molecule has 1 saturated carbocycles. The Morgan fingerprint density at radius 1 is 1.17 bits per heavy atom. The van der Waals surface area contributed by atoms with Gasteiger partial charge in [0.05, 0.1) is 6.26 Å². The second kappa shape index (κ2) is 7.95. The topological polar surface area (TPSA) is 77.1 Å². The van der Waals surface area contributed by atoms with E-state index in [9.17, 15) is 9.59 Å². The minimum Gasteiger partial charge on any atom is -0.463 e. The number of carbonyl (C=O) groups excluding carboxylic acids is 1. The van der Waals surface area contributed by atoms with E-state index in [0.717, 1.165) is 25.7 Å². The number of rotatable bonds is 4. The molecule has 0 radical (unpaired) electrons. The first-order valence-corrected chi connectivity index (χ1v) is 8.64. The molecule has 1 fully saturated rings. The van der Waals surface area contributed by atoms with Crippen molar-refractivity contribution in [3.63, 3.8) is 0 Å². The first kappa shape index (κ1) is 16.5. The van der Waals surface area contributed by atoms with Gasteiger partial charge in [-0.25, -0.2) is 4.68 Å². The first-order valence-electron chi connectivity index (χ1n) is 8.64. The van der Waals surface area contributed by atoms with Crippen molar-refractivity contribution >= 4 is 5.91 Å². The lowest BCUT2D eigenvalue weighted by Crippen LogP contribution is -2.39. The smallest absolute Gasteiger partial charge is 0.267 e. The normalized spacial score (nSPS) is 16.3. The number of aromatic nitrogens is 2. The second-order valence-corrected chi connectivity index (χ2v) is 6.30. The van der Waals surface area contributed by atoms with E-state index in [1.807, 2.05) is 0 Å². The zero-order valence-corrected chi connectivity index (χ0v) is 13.7. The monoisotopic (exact) mass is 329 g/mol. The third-order valence-electron chi connectivity index (χ3n) is 4.40. The van der Waals surface area contributed by atoms with E-state index in [-0.39, 0.29) is 24.1 Å². The molecule has 0 saturated heterocycles. The SMILES string of the molecule is O=C(Cn1nc(-c2ccco2)ccc1=O)NC1CCCCCCC1. The van der Waals surface area contributed by atoms with Crippen LogP contribution < -0.4 is 10.9 Å². The maximum atomic E-state index is 12.3. The summed E-state index contributed by atoms with van der Waals surface area (Å²) in [6, 6.07) is 6.75. The lowest BCUT2D eigenvalue weighted by atomic mass is 9.97. The highest BCUT2D eigenvalue weighted by molar-refractivity contribution is 5.76. The molecule has 1 aliphatic carbocycles. The maximum Gasteiger partial charge on any atom is 0.267 e. The summed E-state index contributed by atoms with van der Waals surface area (Å²) in [4.78, 5) is 24.3. The van der Waals surface area contributed by atoms with E-state index in [1.165, 1.54) is 30.0 Å². The molecule has 0 spiro atoms. The molecule has 3 rings (SSSR count). The number of amides is 1. The molecule has 1 N–H and O–H groups in total. The van der Waals surface area contributed by atoms with Gasteiger partial charge in [0, 0.05) is 12.1 Å². The number of hydrogen-bond donors (Lipinski definition) is 1. The Kier molecular flexibility index (Phi) is 5.46. The fourth-order valence-electron chi connectivity index (χ4n) is 3.13. The van der Waals surface area contributed by atoms with E-state index in [1.54, 1.807) is 24.5 Å². The molecule has 0 unspecified atom stereocenters. The van der Waals surface area contributed by atoms with Gasteiger partial charge in [-0.1, -0.05) is 32.1 Å². The van der Waals surface area contributed by atoms with Crippen LogP contribution in [0.5, 0.6) is 0 Å². The quantitative estimate of drug-likeness (QED) is 0.935. The van der Waals surface area contributed by atoms with E-state index in [0.29, 0.717) is 11.5 Å². The number of carbonyl (C=O) groups is 1. The zero-order chi connectivity index (χ0) is 16.8. The molecule has 2 aromatic heterocycles. The van der Waals surface area contributed by atoms with E-state index >= 15 is 0 Å². The molecule has 2 heterocycles. The van der Waals surface area contributed by atoms with Crippen LogP contribution >= 0.6 is 0 Å². The predicted molar refractivity (Wildman–Crippen MR) is 90.4 cm³/mol. The van der Waals surface area contributed by atoms with Crippen LogP contribution in [0.15, 0.2) is 39.7 Å². The largest absolute Gasteiger partial charge is 0.463 e. The van der Waals surface area contributed by atoms with Crippen LogP contribution in [-0.2, 0) is 11.3 Å². The molecule has 1 aliphatic rings. The Morgan fingerprint density at radius 2 is 1.92 bits per heavy atom. The molecule has 24 heavy (non-hydrogen) atoms. The summed E-state index contributed by atoms with van der Waals surface area (Å²) in [7, 11) is 0. The Morgan fingerprint density at radius 3 is 2.62 bits per heavy atom. The van der Waals surface area contributed by atoms with Crippen molar-refractivity contribution in [1.29, 1.82) is 0 Å². The average Bonchev–Trinajstić information content (AvgIpc) is 3.06. The van der Waals surface area contributed by atoms with Crippen LogP contribution in [0.3, 0.4) is 0 Å². The van der Waals surface area contributed by atoms with Crippen molar-refractivity contribution in [3.05, 3.63) is 40.9 Å². The Balaban J connectivity index is 1.65. The van der Waals surface area contributed by atoms with Gasteiger partial charge in [0.1, 0.15) is 12.2 Å². The minimum atomic E-state index is -0.293. The van der Waals surface area contributed by atoms with Crippen molar-refractivity contribution in [2.45, 2.75) is 57.5 Å².